The van der Waals surface area contributed by atoms with Gasteiger partial charge in [0.05, 0.1) is 25.0 Å². The summed E-state index contributed by atoms with van der Waals surface area (Å²) in [6.45, 7) is 1.90. The average Bonchev–Trinajstić information content (AvgIpc) is 2.94. The third-order valence-electron chi connectivity index (χ3n) is 6.09. The Balaban J connectivity index is 1.39. The minimum Gasteiger partial charge on any atom is -0.481 e. The molecule has 3 aromatic carbocycles. The topological polar surface area (TPSA) is 137 Å². The summed E-state index contributed by atoms with van der Waals surface area (Å²) in [5, 5.41) is 20.1. The van der Waals surface area contributed by atoms with E-state index in [-0.39, 0.29) is 37.4 Å². The Morgan fingerprint density at radius 2 is 1.33 bits per heavy atom. The molecule has 3 aromatic rings. The van der Waals surface area contributed by atoms with Gasteiger partial charge in [-0.05, 0) is 35.6 Å². The maximum Gasteiger partial charge on any atom is 0.315 e. The first-order valence-corrected chi connectivity index (χ1v) is 12.8. The number of amides is 4. The Labute approximate surface area is 228 Å². The van der Waals surface area contributed by atoms with Gasteiger partial charge in [-0.3, -0.25) is 14.4 Å². The van der Waals surface area contributed by atoms with E-state index in [9.17, 15) is 24.3 Å². The van der Waals surface area contributed by atoms with Crippen molar-refractivity contribution in [3.05, 3.63) is 96.1 Å². The van der Waals surface area contributed by atoms with Crippen molar-refractivity contribution in [3.8, 4) is 11.1 Å². The van der Waals surface area contributed by atoms with Crippen LogP contribution in [-0.2, 0) is 14.4 Å². The van der Waals surface area contributed by atoms with Gasteiger partial charge in [0.2, 0.25) is 11.8 Å². The normalized spacial score (nSPS) is 12.0. The highest BCUT2D eigenvalue weighted by molar-refractivity contribution is 5.85. The third kappa shape index (κ3) is 9.96. The summed E-state index contributed by atoms with van der Waals surface area (Å²) in [4.78, 5) is 48.0. The zero-order valence-electron chi connectivity index (χ0n) is 21.9. The van der Waals surface area contributed by atoms with Gasteiger partial charge in [0.1, 0.15) is 0 Å². The van der Waals surface area contributed by atoms with Gasteiger partial charge in [0, 0.05) is 13.0 Å². The standard InChI is InChI=1S/C30H34N4O5/c1-21(22-9-4-2-5-10-22)33-30(39)31-18-8-13-27(35)32-20-28(36)34-26(19-29(37)38)25-16-14-24(15-17-25)23-11-6-3-7-12-23/h2-7,9-12,14-17,21,26H,8,13,18-20H2,1H3,(H,32,35)(H,34,36)(H,37,38)(H2,31,33,39)/t21-,26?/m1/s1. The number of rotatable bonds is 13. The monoisotopic (exact) mass is 530 g/mol. The Kier molecular flexibility index (Phi) is 11.1. The highest BCUT2D eigenvalue weighted by Crippen LogP contribution is 2.23. The molecule has 0 radical (unpaired) electrons. The van der Waals surface area contributed by atoms with Crippen LogP contribution >= 0.6 is 0 Å². The molecule has 0 aliphatic rings. The molecule has 9 nitrogen and oxygen atoms in total. The first kappa shape index (κ1) is 28.9. The fourth-order valence-corrected chi connectivity index (χ4v) is 4.00. The molecule has 0 heterocycles. The lowest BCUT2D eigenvalue weighted by atomic mass is 9.99. The number of carboxylic acid groups (broad SMARTS) is 1. The van der Waals surface area contributed by atoms with E-state index in [0.29, 0.717) is 18.5 Å². The van der Waals surface area contributed by atoms with Crippen molar-refractivity contribution in [2.45, 2.75) is 38.3 Å². The number of benzene rings is 3. The van der Waals surface area contributed by atoms with E-state index in [4.69, 9.17) is 0 Å². The van der Waals surface area contributed by atoms with E-state index in [1.54, 1.807) is 12.1 Å². The van der Waals surface area contributed by atoms with Crippen LogP contribution in [0.2, 0.25) is 0 Å². The molecule has 1 unspecified atom stereocenters. The van der Waals surface area contributed by atoms with Crippen LogP contribution in [0.25, 0.3) is 11.1 Å². The fraction of sp³-hybridized carbons (Fsp3) is 0.267. The highest BCUT2D eigenvalue weighted by Gasteiger charge is 2.19. The molecule has 204 valence electrons. The van der Waals surface area contributed by atoms with E-state index < -0.39 is 17.9 Å². The summed E-state index contributed by atoms with van der Waals surface area (Å²) in [5.41, 5.74) is 3.65. The second kappa shape index (κ2) is 14.9. The first-order chi connectivity index (χ1) is 18.8. The number of nitrogens with one attached hydrogen (secondary N) is 4. The number of carbonyl (C=O) groups is 4. The molecule has 0 saturated heterocycles. The van der Waals surface area contributed by atoms with Gasteiger partial charge < -0.3 is 26.4 Å². The van der Waals surface area contributed by atoms with Crippen LogP contribution in [-0.4, -0.2) is 42.0 Å². The quantitative estimate of drug-likeness (QED) is 0.213. The molecule has 4 amide bonds. The molecule has 0 bridgehead atoms. The van der Waals surface area contributed by atoms with Crippen molar-refractivity contribution < 1.29 is 24.3 Å². The van der Waals surface area contributed by atoms with E-state index in [1.165, 1.54) is 0 Å². The lowest BCUT2D eigenvalue weighted by molar-refractivity contribution is -0.138. The second-order valence-corrected chi connectivity index (χ2v) is 9.12. The van der Waals surface area contributed by atoms with Crippen molar-refractivity contribution in [1.29, 1.82) is 0 Å². The predicted octanol–water partition coefficient (Wildman–Crippen LogP) is 3.94. The summed E-state index contributed by atoms with van der Waals surface area (Å²) in [6, 6.07) is 25.4. The summed E-state index contributed by atoms with van der Waals surface area (Å²) >= 11 is 0. The molecule has 0 saturated carbocycles. The minimum atomic E-state index is -1.05. The van der Waals surface area contributed by atoms with Gasteiger partial charge in [-0.1, -0.05) is 84.9 Å². The summed E-state index contributed by atoms with van der Waals surface area (Å²) in [6.07, 6.45) is 0.234. The van der Waals surface area contributed by atoms with Crippen molar-refractivity contribution in [2.24, 2.45) is 0 Å². The average molecular weight is 531 g/mol. The number of urea groups is 1. The van der Waals surface area contributed by atoms with Crippen LogP contribution in [0.1, 0.15) is 49.4 Å². The molecule has 3 rings (SSSR count). The van der Waals surface area contributed by atoms with Crippen molar-refractivity contribution in [2.75, 3.05) is 13.1 Å². The summed E-state index contributed by atoms with van der Waals surface area (Å²) < 4.78 is 0. The van der Waals surface area contributed by atoms with Crippen molar-refractivity contribution in [1.82, 2.24) is 21.3 Å². The molecular formula is C30H34N4O5. The third-order valence-corrected chi connectivity index (χ3v) is 6.09. The largest absolute Gasteiger partial charge is 0.481 e. The van der Waals surface area contributed by atoms with Gasteiger partial charge in [0.15, 0.2) is 0 Å². The van der Waals surface area contributed by atoms with Crippen LogP contribution < -0.4 is 21.3 Å². The maximum absolute atomic E-state index is 12.5. The van der Waals surface area contributed by atoms with Crippen molar-refractivity contribution in [3.63, 3.8) is 0 Å². The molecule has 0 fully saturated rings. The van der Waals surface area contributed by atoms with Gasteiger partial charge in [-0.25, -0.2) is 4.79 Å². The zero-order chi connectivity index (χ0) is 28.0. The number of hydrogen-bond acceptors (Lipinski definition) is 4. The number of carboxylic acids is 1. The van der Waals surface area contributed by atoms with E-state index in [1.807, 2.05) is 79.7 Å². The maximum atomic E-state index is 12.5. The molecule has 0 aromatic heterocycles. The van der Waals surface area contributed by atoms with Crippen molar-refractivity contribution >= 4 is 23.8 Å². The smallest absolute Gasteiger partial charge is 0.315 e. The molecule has 39 heavy (non-hydrogen) atoms. The Morgan fingerprint density at radius 1 is 0.718 bits per heavy atom. The second-order valence-electron chi connectivity index (χ2n) is 9.12. The Bertz CT molecular complexity index is 1230. The van der Waals surface area contributed by atoms with Gasteiger partial charge in [-0.2, -0.15) is 0 Å². The molecule has 2 atom stereocenters. The summed E-state index contributed by atoms with van der Waals surface area (Å²) in [7, 11) is 0. The molecule has 0 aliphatic heterocycles. The molecule has 5 N–H and O–H groups in total. The van der Waals surface area contributed by atoms with Gasteiger partial charge in [0.25, 0.3) is 0 Å². The van der Waals surface area contributed by atoms with Crippen LogP contribution in [0, 0.1) is 0 Å². The van der Waals surface area contributed by atoms with Crippen LogP contribution in [0.4, 0.5) is 4.79 Å². The minimum absolute atomic E-state index is 0.126. The molecule has 0 aliphatic carbocycles. The van der Waals surface area contributed by atoms with Gasteiger partial charge in [-0.15, -0.1) is 0 Å². The molecule has 0 spiro atoms. The Morgan fingerprint density at radius 3 is 1.97 bits per heavy atom. The lowest BCUT2D eigenvalue weighted by Crippen LogP contribution is -2.40. The lowest BCUT2D eigenvalue weighted by Gasteiger charge is -2.18. The van der Waals surface area contributed by atoms with Crippen LogP contribution in [0.3, 0.4) is 0 Å². The van der Waals surface area contributed by atoms with E-state index in [0.717, 1.165) is 16.7 Å². The van der Waals surface area contributed by atoms with E-state index in [2.05, 4.69) is 21.3 Å². The molecule has 9 heteroatoms. The fourth-order valence-electron chi connectivity index (χ4n) is 4.00. The van der Waals surface area contributed by atoms with Crippen LogP contribution in [0.15, 0.2) is 84.9 Å². The molecular weight excluding hydrogens is 496 g/mol. The SMILES string of the molecule is C[C@@H](NC(=O)NCCCC(=O)NCC(=O)NC(CC(=O)O)c1ccc(-c2ccccc2)cc1)c1ccccc1. The number of aliphatic carboxylic acids is 1. The van der Waals surface area contributed by atoms with E-state index >= 15 is 0 Å². The number of hydrogen-bond donors (Lipinski definition) is 5. The summed E-state index contributed by atoms with van der Waals surface area (Å²) in [5.74, 6) is -1.88. The highest BCUT2D eigenvalue weighted by atomic mass is 16.4. The van der Waals surface area contributed by atoms with Crippen LogP contribution in [0.5, 0.6) is 0 Å². The first-order valence-electron chi connectivity index (χ1n) is 12.8. The predicted molar refractivity (Wildman–Crippen MR) is 149 cm³/mol. The van der Waals surface area contributed by atoms with Gasteiger partial charge >= 0.3 is 12.0 Å². The number of carbonyl (C=O) groups excluding carboxylic acids is 3. The Hall–Kier alpha value is -4.66. The zero-order valence-corrected chi connectivity index (χ0v) is 21.9.